The Morgan fingerprint density at radius 1 is 1.36 bits per heavy atom. The lowest BCUT2D eigenvalue weighted by Crippen LogP contribution is -2.05. The zero-order chi connectivity index (χ0) is 10.2. The van der Waals surface area contributed by atoms with Crippen molar-refractivity contribution < 1.29 is 9.47 Å². The molecule has 0 saturated carbocycles. The van der Waals surface area contributed by atoms with Gasteiger partial charge < -0.3 is 15.2 Å². The number of ether oxygens (including phenoxy) is 2. The van der Waals surface area contributed by atoms with Crippen LogP contribution in [0.25, 0.3) is 0 Å². The second-order valence-electron chi connectivity index (χ2n) is 2.75. The molecule has 1 heterocycles. The van der Waals surface area contributed by atoms with Gasteiger partial charge in [0.25, 0.3) is 0 Å². The molecule has 0 aliphatic heterocycles. The lowest BCUT2D eigenvalue weighted by Gasteiger charge is -2.04. The first-order valence-electron chi connectivity index (χ1n) is 4.49. The van der Waals surface area contributed by atoms with Crippen molar-refractivity contribution >= 4 is 0 Å². The predicted octanol–water partition coefficient (Wildman–Crippen LogP) is 0.351. The van der Waals surface area contributed by atoms with Crippen LogP contribution in [-0.4, -0.2) is 30.3 Å². The summed E-state index contributed by atoms with van der Waals surface area (Å²) in [6.07, 6.45) is 4.04. The molecule has 0 aromatic carbocycles. The zero-order valence-electron chi connectivity index (χ0n) is 8.27. The van der Waals surface area contributed by atoms with E-state index in [4.69, 9.17) is 15.2 Å². The van der Waals surface area contributed by atoms with E-state index in [2.05, 4.69) is 9.97 Å². The zero-order valence-corrected chi connectivity index (χ0v) is 8.27. The highest BCUT2D eigenvalue weighted by molar-refractivity contribution is 5.07. The largest absolute Gasteiger partial charge is 0.476 e. The first kappa shape index (κ1) is 10.9. The molecule has 0 aliphatic rings. The number of hydrogen-bond donors (Lipinski definition) is 1. The molecule has 1 aromatic rings. The second kappa shape index (κ2) is 6.28. The van der Waals surface area contributed by atoms with Crippen LogP contribution in [0.15, 0.2) is 12.4 Å². The Morgan fingerprint density at radius 3 is 2.93 bits per heavy atom. The van der Waals surface area contributed by atoms with Gasteiger partial charge in [-0.25, -0.2) is 4.98 Å². The number of aromatic nitrogens is 2. The normalized spacial score (nSPS) is 10.1. The molecule has 0 radical (unpaired) electrons. The van der Waals surface area contributed by atoms with Gasteiger partial charge in [0.2, 0.25) is 5.88 Å². The number of nitrogens with zero attached hydrogens (tertiary/aromatic N) is 2. The van der Waals surface area contributed by atoms with Crippen molar-refractivity contribution in [1.29, 1.82) is 0 Å². The van der Waals surface area contributed by atoms with E-state index in [9.17, 15) is 0 Å². The number of hydrogen-bond acceptors (Lipinski definition) is 5. The Hall–Kier alpha value is -1.20. The summed E-state index contributed by atoms with van der Waals surface area (Å²) in [5, 5.41) is 0. The molecular formula is C9H15N3O2. The molecule has 14 heavy (non-hydrogen) atoms. The molecule has 0 saturated heterocycles. The molecular weight excluding hydrogens is 182 g/mol. The van der Waals surface area contributed by atoms with Gasteiger partial charge in [0, 0.05) is 32.9 Å². The van der Waals surface area contributed by atoms with Crippen LogP contribution >= 0.6 is 0 Å². The fourth-order valence-electron chi connectivity index (χ4n) is 0.934. The van der Waals surface area contributed by atoms with E-state index in [1.165, 1.54) is 0 Å². The monoisotopic (exact) mass is 197 g/mol. The minimum Gasteiger partial charge on any atom is -0.476 e. The molecule has 78 valence electrons. The number of nitrogens with two attached hydrogens (primary N) is 1. The van der Waals surface area contributed by atoms with Crippen molar-refractivity contribution in [2.75, 3.05) is 20.3 Å². The quantitative estimate of drug-likeness (QED) is 0.666. The highest BCUT2D eigenvalue weighted by Gasteiger charge is 1.97. The maximum Gasteiger partial charge on any atom is 0.232 e. The predicted molar refractivity (Wildman–Crippen MR) is 51.9 cm³/mol. The summed E-state index contributed by atoms with van der Waals surface area (Å²) in [6, 6.07) is 0. The van der Waals surface area contributed by atoms with E-state index >= 15 is 0 Å². The average Bonchev–Trinajstić information content (AvgIpc) is 2.25. The maximum atomic E-state index is 5.42. The Balaban J connectivity index is 2.34. The van der Waals surface area contributed by atoms with Gasteiger partial charge >= 0.3 is 0 Å². The smallest absolute Gasteiger partial charge is 0.232 e. The number of rotatable bonds is 6. The summed E-state index contributed by atoms with van der Waals surface area (Å²) in [5.74, 6) is 0.518. The van der Waals surface area contributed by atoms with Gasteiger partial charge in [-0.1, -0.05) is 0 Å². The summed E-state index contributed by atoms with van der Waals surface area (Å²) >= 11 is 0. The van der Waals surface area contributed by atoms with Crippen LogP contribution in [0, 0.1) is 0 Å². The Kier molecular flexibility index (Phi) is 4.88. The van der Waals surface area contributed by atoms with Crippen molar-refractivity contribution in [1.82, 2.24) is 9.97 Å². The summed E-state index contributed by atoms with van der Waals surface area (Å²) in [5.41, 5.74) is 6.15. The van der Waals surface area contributed by atoms with Crippen molar-refractivity contribution in [2.45, 2.75) is 13.0 Å². The van der Waals surface area contributed by atoms with Gasteiger partial charge in [0.05, 0.1) is 18.5 Å². The van der Waals surface area contributed by atoms with E-state index in [0.717, 1.165) is 12.1 Å². The van der Waals surface area contributed by atoms with Gasteiger partial charge in [-0.05, 0) is 0 Å². The molecule has 0 aliphatic carbocycles. The molecule has 0 amide bonds. The molecule has 0 unspecified atom stereocenters. The summed E-state index contributed by atoms with van der Waals surface area (Å²) < 4.78 is 10.2. The lowest BCUT2D eigenvalue weighted by molar-refractivity contribution is 0.170. The molecule has 1 rings (SSSR count). The summed E-state index contributed by atoms with van der Waals surface area (Å²) in [4.78, 5) is 8.09. The van der Waals surface area contributed by atoms with Gasteiger partial charge in [-0.3, -0.25) is 4.98 Å². The standard InChI is InChI=1S/C9H15N3O2/c1-13-3-2-4-14-9-7-11-6-8(5-10)12-9/h6-7H,2-5,10H2,1H3. The van der Waals surface area contributed by atoms with Gasteiger partial charge in [0.15, 0.2) is 0 Å². The molecule has 0 fully saturated rings. The van der Waals surface area contributed by atoms with Crippen LogP contribution in [0.4, 0.5) is 0 Å². The topological polar surface area (TPSA) is 70.3 Å². The first-order valence-corrected chi connectivity index (χ1v) is 4.49. The van der Waals surface area contributed by atoms with Gasteiger partial charge in [-0.2, -0.15) is 0 Å². The van der Waals surface area contributed by atoms with Crippen LogP contribution in [0.2, 0.25) is 0 Å². The lowest BCUT2D eigenvalue weighted by atomic mass is 10.4. The molecule has 5 heteroatoms. The van der Waals surface area contributed by atoms with E-state index < -0.39 is 0 Å². The van der Waals surface area contributed by atoms with Crippen LogP contribution in [0.1, 0.15) is 12.1 Å². The van der Waals surface area contributed by atoms with Crippen LogP contribution in [0.5, 0.6) is 5.88 Å². The maximum absolute atomic E-state index is 5.42. The van der Waals surface area contributed by atoms with Crippen molar-refractivity contribution in [3.05, 3.63) is 18.1 Å². The molecule has 5 nitrogen and oxygen atoms in total. The van der Waals surface area contributed by atoms with E-state index in [1.54, 1.807) is 19.5 Å². The molecule has 2 N–H and O–H groups in total. The highest BCUT2D eigenvalue weighted by atomic mass is 16.5. The molecule has 0 bridgehead atoms. The molecule has 1 aromatic heterocycles. The Labute approximate surface area is 83.3 Å². The summed E-state index contributed by atoms with van der Waals surface area (Å²) in [7, 11) is 1.66. The van der Waals surface area contributed by atoms with E-state index in [-0.39, 0.29) is 0 Å². The van der Waals surface area contributed by atoms with Crippen molar-refractivity contribution in [3.8, 4) is 5.88 Å². The fourth-order valence-corrected chi connectivity index (χ4v) is 0.934. The molecule has 0 atom stereocenters. The van der Waals surface area contributed by atoms with Crippen LogP contribution in [0.3, 0.4) is 0 Å². The van der Waals surface area contributed by atoms with Crippen LogP contribution < -0.4 is 10.5 Å². The molecule has 0 spiro atoms. The highest BCUT2D eigenvalue weighted by Crippen LogP contribution is 2.04. The Bertz CT molecular complexity index is 268. The van der Waals surface area contributed by atoms with Crippen LogP contribution in [-0.2, 0) is 11.3 Å². The third kappa shape index (κ3) is 3.68. The third-order valence-corrected chi connectivity index (χ3v) is 1.61. The average molecular weight is 197 g/mol. The van der Waals surface area contributed by atoms with E-state index in [1.807, 2.05) is 0 Å². The van der Waals surface area contributed by atoms with Gasteiger partial charge in [-0.15, -0.1) is 0 Å². The van der Waals surface area contributed by atoms with E-state index in [0.29, 0.717) is 25.6 Å². The SMILES string of the molecule is COCCCOc1cncc(CN)n1. The Morgan fingerprint density at radius 2 is 2.21 bits per heavy atom. The van der Waals surface area contributed by atoms with Crippen molar-refractivity contribution in [3.63, 3.8) is 0 Å². The second-order valence-corrected chi connectivity index (χ2v) is 2.75. The summed E-state index contributed by atoms with van der Waals surface area (Å²) in [6.45, 7) is 1.64. The number of methoxy groups -OCH3 is 1. The van der Waals surface area contributed by atoms with Crippen molar-refractivity contribution in [2.24, 2.45) is 5.73 Å². The van der Waals surface area contributed by atoms with Gasteiger partial charge in [0.1, 0.15) is 0 Å². The minimum atomic E-state index is 0.377. The first-order chi connectivity index (χ1) is 6.86. The fraction of sp³-hybridized carbons (Fsp3) is 0.556. The minimum absolute atomic E-state index is 0.377. The third-order valence-electron chi connectivity index (χ3n) is 1.61.